The molecule has 0 aliphatic carbocycles. The molecule has 4 nitrogen and oxygen atoms in total. The number of fused-ring (bicyclic) bond motifs is 1. The molecule has 0 aliphatic heterocycles. The highest BCUT2D eigenvalue weighted by Gasteiger charge is 2.19. The molecule has 0 saturated carbocycles. The van der Waals surface area contributed by atoms with Crippen molar-refractivity contribution in [2.45, 2.75) is 12.3 Å². The Balaban J connectivity index is 2.06. The van der Waals surface area contributed by atoms with Crippen molar-refractivity contribution in [1.29, 1.82) is 0 Å². The minimum absolute atomic E-state index is 0.171. The number of phenolic OH excluding ortho intramolecular Hbond substituents is 1. The van der Waals surface area contributed by atoms with Crippen LogP contribution in [0.4, 0.5) is 0 Å². The van der Waals surface area contributed by atoms with E-state index in [2.05, 4.69) is 16.7 Å². The van der Waals surface area contributed by atoms with Gasteiger partial charge in [0.2, 0.25) is 0 Å². The Morgan fingerprint density at radius 3 is 2.61 bits per heavy atom. The van der Waals surface area contributed by atoms with Crippen molar-refractivity contribution in [2.24, 2.45) is 5.29 Å². The molecule has 1 N–H and O–H groups in total. The van der Waals surface area contributed by atoms with E-state index in [-0.39, 0.29) is 5.92 Å². The molecule has 0 bridgehead atoms. The SMILES string of the molecule is CN(CC[C@@H](c1cccs1)c1ccc(O)c2ccccc12)N=O. The lowest BCUT2D eigenvalue weighted by Crippen LogP contribution is -2.15. The molecule has 0 fully saturated rings. The molecule has 0 saturated heterocycles. The number of thiophene rings is 1. The van der Waals surface area contributed by atoms with E-state index in [0.29, 0.717) is 12.3 Å². The van der Waals surface area contributed by atoms with Crippen LogP contribution in [0.5, 0.6) is 5.75 Å². The highest BCUT2D eigenvalue weighted by molar-refractivity contribution is 7.10. The lowest BCUT2D eigenvalue weighted by molar-refractivity contribution is 0.337. The van der Waals surface area contributed by atoms with Gasteiger partial charge in [0.1, 0.15) is 5.75 Å². The van der Waals surface area contributed by atoms with Gasteiger partial charge in [0.25, 0.3) is 0 Å². The van der Waals surface area contributed by atoms with E-state index in [0.717, 1.165) is 17.2 Å². The number of nitrogens with zero attached hydrogens (tertiary/aromatic N) is 2. The molecule has 2 aromatic carbocycles. The number of benzene rings is 2. The average molecular weight is 326 g/mol. The highest BCUT2D eigenvalue weighted by atomic mass is 32.1. The molecule has 0 amide bonds. The van der Waals surface area contributed by atoms with Crippen LogP contribution in [0.2, 0.25) is 0 Å². The van der Waals surface area contributed by atoms with E-state index in [9.17, 15) is 10.0 Å². The highest BCUT2D eigenvalue weighted by Crippen LogP contribution is 2.38. The van der Waals surface area contributed by atoms with Crippen LogP contribution < -0.4 is 0 Å². The summed E-state index contributed by atoms with van der Waals surface area (Å²) in [5, 5.41) is 18.4. The van der Waals surface area contributed by atoms with Crippen LogP contribution in [-0.4, -0.2) is 23.7 Å². The van der Waals surface area contributed by atoms with E-state index in [1.165, 1.54) is 15.4 Å². The zero-order chi connectivity index (χ0) is 16.2. The van der Waals surface area contributed by atoms with E-state index in [1.54, 1.807) is 24.5 Å². The maximum absolute atomic E-state index is 10.6. The fraction of sp³-hybridized carbons (Fsp3) is 0.222. The monoisotopic (exact) mass is 326 g/mol. The Labute approximate surface area is 138 Å². The van der Waals surface area contributed by atoms with Crippen LogP contribution in [0.25, 0.3) is 10.8 Å². The van der Waals surface area contributed by atoms with Crippen LogP contribution in [0, 0.1) is 4.91 Å². The normalized spacial score (nSPS) is 12.2. The Morgan fingerprint density at radius 2 is 1.91 bits per heavy atom. The van der Waals surface area contributed by atoms with Gasteiger partial charge in [-0.15, -0.1) is 16.2 Å². The second kappa shape index (κ2) is 6.79. The minimum Gasteiger partial charge on any atom is -0.507 e. The van der Waals surface area contributed by atoms with E-state index >= 15 is 0 Å². The number of nitroso groups, excluding NO2 is 1. The second-order valence-electron chi connectivity index (χ2n) is 5.54. The van der Waals surface area contributed by atoms with E-state index < -0.39 is 0 Å². The molecule has 1 heterocycles. The summed E-state index contributed by atoms with van der Waals surface area (Å²) < 4.78 is 0. The van der Waals surface area contributed by atoms with E-state index in [4.69, 9.17) is 0 Å². The van der Waals surface area contributed by atoms with Crippen molar-refractivity contribution in [3.8, 4) is 5.75 Å². The molecule has 5 heteroatoms. The molecule has 0 aliphatic rings. The van der Waals surface area contributed by atoms with Crippen molar-refractivity contribution in [3.63, 3.8) is 0 Å². The zero-order valence-corrected chi connectivity index (χ0v) is 13.7. The van der Waals surface area contributed by atoms with Crippen molar-refractivity contribution in [1.82, 2.24) is 5.01 Å². The zero-order valence-electron chi connectivity index (χ0n) is 12.8. The van der Waals surface area contributed by atoms with Gasteiger partial charge in [-0.2, -0.15) is 0 Å². The first-order valence-corrected chi connectivity index (χ1v) is 8.37. The average Bonchev–Trinajstić information content (AvgIpc) is 3.11. The second-order valence-corrected chi connectivity index (χ2v) is 6.52. The van der Waals surface area contributed by atoms with Crippen LogP contribution in [0.1, 0.15) is 22.8 Å². The van der Waals surface area contributed by atoms with Crippen LogP contribution in [0.15, 0.2) is 59.2 Å². The first kappa shape index (κ1) is 15.5. The molecular weight excluding hydrogens is 308 g/mol. The number of hydrogen-bond donors (Lipinski definition) is 1. The van der Waals surface area contributed by atoms with Crippen LogP contribution >= 0.6 is 11.3 Å². The standard InChI is InChI=1S/C18H18N2O2S/c1-20(19-22)11-10-16(18-7-4-12-23-18)14-8-9-17(21)15-6-3-2-5-13(14)15/h2-9,12,16,21H,10-11H2,1H3/t16-/m1/s1. The smallest absolute Gasteiger partial charge is 0.123 e. The van der Waals surface area contributed by atoms with Gasteiger partial charge in [0.15, 0.2) is 0 Å². The number of hydrogen-bond acceptors (Lipinski definition) is 4. The number of rotatable bonds is 6. The molecule has 0 spiro atoms. The molecule has 118 valence electrons. The van der Waals surface area contributed by atoms with Crippen molar-refractivity contribution in [3.05, 3.63) is 69.3 Å². The maximum atomic E-state index is 10.6. The third-order valence-electron chi connectivity index (χ3n) is 4.08. The minimum atomic E-state index is 0.171. The van der Waals surface area contributed by atoms with Gasteiger partial charge in [-0.05, 0) is 34.9 Å². The first-order chi connectivity index (χ1) is 11.2. The molecule has 0 radical (unpaired) electrons. The van der Waals surface area contributed by atoms with Gasteiger partial charge in [-0.1, -0.05) is 36.4 Å². The summed E-state index contributed by atoms with van der Waals surface area (Å²) in [6, 6.07) is 15.8. The lowest BCUT2D eigenvalue weighted by Gasteiger charge is -2.20. The van der Waals surface area contributed by atoms with Gasteiger partial charge in [0, 0.05) is 29.8 Å². The van der Waals surface area contributed by atoms with Gasteiger partial charge in [-0.3, -0.25) is 5.01 Å². The summed E-state index contributed by atoms with van der Waals surface area (Å²) in [5.41, 5.74) is 1.17. The lowest BCUT2D eigenvalue weighted by atomic mass is 9.89. The predicted molar refractivity (Wildman–Crippen MR) is 94.8 cm³/mol. The molecule has 0 unspecified atom stereocenters. The first-order valence-electron chi connectivity index (χ1n) is 7.49. The van der Waals surface area contributed by atoms with Gasteiger partial charge < -0.3 is 5.11 Å². The van der Waals surface area contributed by atoms with Crippen LogP contribution in [0.3, 0.4) is 0 Å². The Morgan fingerprint density at radius 1 is 1.13 bits per heavy atom. The van der Waals surface area contributed by atoms with Crippen LogP contribution in [-0.2, 0) is 0 Å². The number of aromatic hydroxyl groups is 1. The maximum Gasteiger partial charge on any atom is 0.123 e. The van der Waals surface area contributed by atoms with Crippen molar-refractivity contribution >= 4 is 22.1 Å². The van der Waals surface area contributed by atoms with E-state index in [1.807, 2.05) is 36.4 Å². The summed E-state index contributed by atoms with van der Waals surface area (Å²) >= 11 is 1.71. The van der Waals surface area contributed by atoms with Gasteiger partial charge in [0.05, 0.1) is 5.29 Å². The Bertz CT molecular complexity index is 802. The number of phenols is 1. The summed E-state index contributed by atoms with van der Waals surface area (Å²) in [6.45, 7) is 0.585. The van der Waals surface area contributed by atoms with Crippen molar-refractivity contribution < 1.29 is 5.11 Å². The summed E-state index contributed by atoms with van der Waals surface area (Å²) in [5.74, 6) is 0.464. The fourth-order valence-electron chi connectivity index (χ4n) is 2.91. The third kappa shape index (κ3) is 3.19. The quantitative estimate of drug-likeness (QED) is 0.526. The molecule has 3 rings (SSSR count). The summed E-state index contributed by atoms with van der Waals surface area (Å²) in [6.07, 6.45) is 0.789. The molecule has 3 aromatic rings. The Hall–Kier alpha value is -2.40. The summed E-state index contributed by atoms with van der Waals surface area (Å²) in [4.78, 5) is 11.9. The fourth-order valence-corrected chi connectivity index (χ4v) is 3.79. The van der Waals surface area contributed by atoms with Gasteiger partial charge in [-0.25, -0.2) is 0 Å². The molecular formula is C18H18N2O2S. The Kier molecular flexibility index (Phi) is 4.57. The molecule has 23 heavy (non-hydrogen) atoms. The van der Waals surface area contributed by atoms with Crippen molar-refractivity contribution in [2.75, 3.05) is 13.6 Å². The largest absolute Gasteiger partial charge is 0.507 e. The molecule has 1 atom stereocenters. The third-order valence-corrected chi connectivity index (χ3v) is 5.06. The summed E-state index contributed by atoms with van der Waals surface area (Å²) in [7, 11) is 1.69. The predicted octanol–water partition coefficient (Wildman–Crippen LogP) is 4.74. The van der Waals surface area contributed by atoms with Gasteiger partial charge >= 0.3 is 0 Å². The molecule has 1 aromatic heterocycles. The topological polar surface area (TPSA) is 52.9 Å².